The standard InChI is InChI=1S/C8H14O2/c1-3-5-8(4-2)10-7-6-9/h3-4,8-9H,1-2,5-7H2. The van der Waals surface area contributed by atoms with Gasteiger partial charge in [0.2, 0.25) is 0 Å². The quantitative estimate of drug-likeness (QED) is 0.563. The lowest BCUT2D eigenvalue weighted by Crippen LogP contribution is -2.11. The first kappa shape index (κ1) is 9.40. The van der Waals surface area contributed by atoms with E-state index in [0.717, 1.165) is 6.42 Å². The molecule has 0 aliphatic carbocycles. The van der Waals surface area contributed by atoms with Crippen molar-refractivity contribution >= 4 is 0 Å². The van der Waals surface area contributed by atoms with Crippen LogP contribution in [0.15, 0.2) is 25.3 Å². The molecule has 0 saturated carbocycles. The number of hydrogen-bond acceptors (Lipinski definition) is 2. The van der Waals surface area contributed by atoms with E-state index in [1.807, 2.05) is 0 Å². The van der Waals surface area contributed by atoms with Crippen LogP contribution in [0.25, 0.3) is 0 Å². The molecule has 1 N–H and O–H groups in total. The van der Waals surface area contributed by atoms with E-state index in [9.17, 15) is 0 Å². The van der Waals surface area contributed by atoms with Crippen LogP contribution in [-0.2, 0) is 4.74 Å². The first-order valence-electron chi connectivity index (χ1n) is 3.31. The molecule has 0 aliphatic rings. The van der Waals surface area contributed by atoms with Gasteiger partial charge in [-0.3, -0.25) is 0 Å². The molecule has 0 aliphatic heterocycles. The summed E-state index contributed by atoms with van der Waals surface area (Å²) in [6, 6.07) is 0. The molecular formula is C8H14O2. The number of hydrogen-bond donors (Lipinski definition) is 1. The summed E-state index contributed by atoms with van der Waals surface area (Å²) in [4.78, 5) is 0. The Kier molecular flexibility index (Phi) is 6.13. The Morgan fingerprint density at radius 3 is 2.60 bits per heavy atom. The Labute approximate surface area is 61.8 Å². The second-order valence-corrected chi connectivity index (χ2v) is 1.89. The molecule has 0 rings (SSSR count). The predicted molar refractivity (Wildman–Crippen MR) is 41.8 cm³/mol. The molecule has 0 aromatic rings. The minimum atomic E-state index is 0.00431. The third kappa shape index (κ3) is 4.30. The molecule has 2 heteroatoms. The molecule has 0 aromatic heterocycles. The maximum atomic E-state index is 8.39. The summed E-state index contributed by atoms with van der Waals surface area (Å²) in [7, 11) is 0. The van der Waals surface area contributed by atoms with Crippen molar-refractivity contribution in [2.24, 2.45) is 0 Å². The number of rotatable bonds is 6. The largest absolute Gasteiger partial charge is 0.394 e. The molecule has 1 unspecified atom stereocenters. The fraction of sp³-hybridized carbons (Fsp3) is 0.500. The van der Waals surface area contributed by atoms with Crippen molar-refractivity contribution in [3.8, 4) is 0 Å². The van der Waals surface area contributed by atoms with Gasteiger partial charge >= 0.3 is 0 Å². The highest BCUT2D eigenvalue weighted by Crippen LogP contribution is 1.98. The Morgan fingerprint density at radius 2 is 2.20 bits per heavy atom. The van der Waals surface area contributed by atoms with Crippen LogP contribution < -0.4 is 0 Å². The van der Waals surface area contributed by atoms with Gasteiger partial charge in [0.15, 0.2) is 0 Å². The Hall–Kier alpha value is -0.600. The van der Waals surface area contributed by atoms with Gasteiger partial charge in [0.1, 0.15) is 0 Å². The summed E-state index contributed by atoms with van der Waals surface area (Å²) in [5, 5.41) is 8.39. The summed E-state index contributed by atoms with van der Waals surface area (Å²) >= 11 is 0. The zero-order chi connectivity index (χ0) is 7.82. The third-order valence-electron chi connectivity index (χ3n) is 1.09. The highest BCUT2D eigenvalue weighted by molar-refractivity contribution is 4.86. The molecule has 1 atom stereocenters. The molecule has 0 radical (unpaired) electrons. The van der Waals surface area contributed by atoms with E-state index in [1.165, 1.54) is 0 Å². The lowest BCUT2D eigenvalue weighted by molar-refractivity contribution is 0.0564. The van der Waals surface area contributed by atoms with Crippen LogP contribution in [0.5, 0.6) is 0 Å². The van der Waals surface area contributed by atoms with E-state index >= 15 is 0 Å². The van der Waals surface area contributed by atoms with E-state index in [1.54, 1.807) is 12.2 Å². The summed E-state index contributed by atoms with van der Waals surface area (Å²) < 4.78 is 5.14. The van der Waals surface area contributed by atoms with Crippen molar-refractivity contribution in [1.29, 1.82) is 0 Å². The molecule has 10 heavy (non-hydrogen) atoms. The zero-order valence-electron chi connectivity index (χ0n) is 6.12. The maximum absolute atomic E-state index is 8.39. The van der Waals surface area contributed by atoms with Gasteiger partial charge in [0.25, 0.3) is 0 Å². The van der Waals surface area contributed by atoms with Gasteiger partial charge in [-0.05, 0) is 6.42 Å². The SMILES string of the molecule is C=CCC(C=C)OCCO. The first-order valence-corrected chi connectivity index (χ1v) is 3.31. The molecule has 0 bridgehead atoms. The van der Waals surface area contributed by atoms with Gasteiger partial charge in [-0.2, -0.15) is 0 Å². The molecule has 0 saturated heterocycles. The van der Waals surface area contributed by atoms with Crippen molar-refractivity contribution in [3.05, 3.63) is 25.3 Å². The number of aliphatic hydroxyl groups excluding tert-OH is 1. The van der Waals surface area contributed by atoms with Crippen molar-refractivity contribution in [2.75, 3.05) is 13.2 Å². The Balaban J connectivity index is 3.38. The predicted octanol–water partition coefficient (Wildman–Crippen LogP) is 1.13. The monoisotopic (exact) mass is 142 g/mol. The van der Waals surface area contributed by atoms with Crippen molar-refractivity contribution < 1.29 is 9.84 Å². The van der Waals surface area contributed by atoms with Gasteiger partial charge in [0.05, 0.1) is 19.3 Å². The van der Waals surface area contributed by atoms with Gasteiger partial charge in [0, 0.05) is 0 Å². The van der Waals surface area contributed by atoms with E-state index in [0.29, 0.717) is 6.61 Å². The van der Waals surface area contributed by atoms with Crippen LogP contribution in [0.4, 0.5) is 0 Å². The minimum absolute atomic E-state index is 0.00431. The Morgan fingerprint density at radius 1 is 1.50 bits per heavy atom. The third-order valence-corrected chi connectivity index (χ3v) is 1.09. The highest BCUT2D eigenvalue weighted by atomic mass is 16.5. The molecule has 0 amide bonds. The van der Waals surface area contributed by atoms with E-state index in [-0.39, 0.29) is 12.7 Å². The van der Waals surface area contributed by atoms with E-state index in [2.05, 4.69) is 13.2 Å². The maximum Gasteiger partial charge on any atom is 0.0788 e. The van der Waals surface area contributed by atoms with Gasteiger partial charge in [-0.15, -0.1) is 13.2 Å². The van der Waals surface area contributed by atoms with E-state index in [4.69, 9.17) is 9.84 Å². The highest BCUT2D eigenvalue weighted by Gasteiger charge is 1.98. The average molecular weight is 142 g/mol. The van der Waals surface area contributed by atoms with Gasteiger partial charge in [-0.25, -0.2) is 0 Å². The minimum Gasteiger partial charge on any atom is -0.394 e. The van der Waals surface area contributed by atoms with Crippen LogP contribution >= 0.6 is 0 Å². The summed E-state index contributed by atoms with van der Waals surface area (Å²) in [6.07, 6.45) is 4.23. The molecule has 0 heterocycles. The fourth-order valence-electron chi connectivity index (χ4n) is 0.601. The second-order valence-electron chi connectivity index (χ2n) is 1.89. The van der Waals surface area contributed by atoms with Crippen LogP contribution in [0.3, 0.4) is 0 Å². The average Bonchev–Trinajstić information content (AvgIpc) is 1.98. The van der Waals surface area contributed by atoms with Crippen molar-refractivity contribution in [2.45, 2.75) is 12.5 Å². The van der Waals surface area contributed by atoms with Crippen molar-refractivity contribution in [3.63, 3.8) is 0 Å². The first-order chi connectivity index (χ1) is 4.85. The summed E-state index contributed by atoms with van der Waals surface area (Å²) in [5.41, 5.74) is 0. The molecular weight excluding hydrogens is 128 g/mol. The van der Waals surface area contributed by atoms with Gasteiger partial charge < -0.3 is 9.84 Å². The summed E-state index contributed by atoms with van der Waals surface area (Å²) in [6.45, 7) is 7.57. The van der Waals surface area contributed by atoms with Crippen LogP contribution in [0, 0.1) is 0 Å². The van der Waals surface area contributed by atoms with Crippen LogP contribution in [0.2, 0.25) is 0 Å². The fourth-order valence-corrected chi connectivity index (χ4v) is 0.601. The smallest absolute Gasteiger partial charge is 0.0788 e. The second kappa shape index (κ2) is 6.52. The molecule has 0 fully saturated rings. The Bertz CT molecular complexity index is 99.4. The zero-order valence-corrected chi connectivity index (χ0v) is 6.12. The topological polar surface area (TPSA) is 29.5 Å². The molecule has 0 spiro atoms. The summed E-state index contributed by atoms with van der Waals surface area (Å²) in [5.74, 6) is 0. The molecule has 58 valence electrons. The normalized spacial score (nSPS) is 12.5. The molecule has 2 nitrogen and oxygen atoms in total. The molecule has 0 aromatic carbocycles. The number of ether oxygens (including phenoxy) is 1. The van der Waals surface area contributed by atoms with Crippen LogP contribution in [0.1, 0.15) is 6.42 Å². The van der Waals surface area contributed by atoms with Crippen LogP contribution in [-0.4, -0.2) is 24.4 Å². The lowest BCUT2D eigenvalue weighted by Gasteiger charge is -2.09. The lowest BCUT2D eigenvalue weighted by atomic mass is 10.2. The van der Waals surface area contributed by atoms with E-state index < -0.39 is 0 Å². The van der Waals surface area contributed by atoms with Crippen molar-refractivity contribution in [1.82, 2.24) is 0 Å². The van der Waals surface area contributed by atoms with Gasteiger partial charge in [-0.1, -0.05) is 12.2 Å². The number of aliphatic hydroxyl groups is 1.